The Balaban J connectivity index is 2.17. The van der Waals surface area contributed by atoms with Gasteiger partial charge in [0.1, 0.15) is 23.7 Å². The van der Waals surface area contributed by atoms with Gasteiger partial charge in [-0.3, -0.25) is 4.98 Å². The molecule has 0 fully saturated rings. The number of hydrogen-bond donors (Lipinski definition) is 1. The SMILES string of the molecule is OC(Cn1cnnn1)(c1ccc(F)cc1F)C(F)(F)c1ccc(I)cn1. The fourth-order valence-corrected chi connectivity index (χ4v) is 2.76. The van der Waals surface area contributed by atoms with E-state index in [0.29, 0.717) is 9.64 Å². The van der Waals surface area contributed by atoms with Crippen molar-refractivity contribution in [3.8, 4) is 0 Å². The van der Waals surface area contributed by atoms with E-state index in [-0.39, 0.29) is 0 Å². The summed E-state index contributed by atoms with van der Waals surface area (Å²) in [6.45, 7) is -0.886. The lowest BCUT2D eigenvalue weighted by Crippen LogP contribution is -2.48. The Morgan fingerprint density at radius 2 is 1.92 bits per heavy atom. The van der Waals surface area contributed by atoms with Gasteiger partial charge in [0.2, 0.25) is 0 Å². The van der Waals surface area contributed by atoms with Crippen LogP contribution in [-0.2, 0) is 18.1 Å². The lowest BCUT2D eigenvalue weighted by molar-refractivity contribution is -0.207. The van der Waals surface area contributed by atoms with Gasteiger partial charge in [0.05, 0.1) is 6.54 Å². The van der Waals surface area contributed by atoms with Gasteiger partial charge in [-0.15, -0.1) is 5.10 Å². The van der Waals surface area contributed by atoms with E-state index in [9.17, 15) is 13.9 Å². The van der Waals surface area contributed by atoms with E-state index in [1.807, 2.05) is 22.6 Å². The highest BCUT2D eigenvalue weighted by Gasteiger charge is 2.57. The minimum atomic E-state index is -4.04. The van der Waals surface area contributed by atoms with Crippen LogP contribution in [0, 0.1) is 15.2 Å². The molecule has 136 valence electrons. The Kier molecular flexibility index (Phi) is 4.92. The minimum absolute atomic E-state index is 0.414. The van der Waals surface area contributed by atoms with Crippen LogP contribution in [0.25, 0.3) is 0 Å². The van der Waals surface area contributed by atoms with E-state index in [2.05, 4.69) is 20.5 Å². The van der Waals surface area contributed by atoms with Crippen molar-refractivity contribution in [2.45, 2.75) is 18.1 Å². The molecule has 0 saturated carbocycles. The standard InChI is InChI=1S/C15H10F4IN5O/c16-9-1-3-11(12(17)5-9)14(26,7-25-8-22-23-24-25)15(18,19)13-4-2-10(20)6-21-13/h1-6,8,26H,7H2. The molecule has 6 nitrogen and oxygen atoms in total. The summed E-state index contributed by atoms with van der Waals surface area (Å²) in [5, 5.41) is 21.0. The van der Waals surface area contributed by atoms with Crippen LogP contribution >= 0.6 is 22.6 Å². The van der Waals surface area contributed by atoms with E-state index in [0.717, 1.165) is 29.2 Å². The Bertz CT molecular complexity index is 907. The van der Waals surface area contributed by atoms with E-state index in [1.165, 1.54) is 12.3 Å². The van der Waals surface area contributed by atoms with Crippen LogP contribution in [0.3, 0.4) is 0 Å². The summed E-state index contributed by atoms with van der Waals surface area (Å²) >= 11 is 1.88. The summed E-state index contributed by atoms with van der Waals surface area (Å²) in [4.78, 5) is 3.64. The van der Waals surface area contributed by atoms with E-state index in [1.54, 1.807) is 0 Å². The van der Waals surface area contributed by atoms with Gasteiger partial charge < -0.3 is 5.11 Å². The van der Waals surface area contributed by atoms with Crippen molar-refractivity contribution >= 4 is 22.6 Å². The third-order valence-electron chi connectivity index (χ3n) is 3.73. The van der Waals surface area contributed by atoms with Gasteiger partial charge in [-0.05, 0) is 57.3 Å². The van der Waals surface area contributed by atoms with Crippen LogP contribution in [-0.4, -0.2) is 30.3 Å². The molecule has 11 heteroatoms. The molecule has 1 unspecified atom stereocenters. The molecule has 0 aliphatic heterocycles. The van der Waals surface area contributed by atoms with E-state index in [4.69, 9.17) is 0 Å². The van der Waals surface area contributed by atoms with Crippen molar-refractivity contribution < 1.29 is 22.7 Å². The summed E-state index contributed by atoms with van der Waals surface area (Å²) in [5.41, 5.74) is -4.71. The summed E-state index contributed by atoms with van der Waals surface area (Å²) in [7, 11) is 0. The van der Waals surface area contributed by atoms with Gasteiger partial charge in [-0.1, -0.05) is 0 Å². The molecule has 1 N–H and O–H groups in total. The van der Waals surface area contributed by atoms with Crippen molar-refractivity contribution in [3.05, 3.63) is 69.3 Å². The second-order valence-corrected chi connectivity index (χ2v) is 6.67. The van der Waals surface area contributed by atoms with Crippen molar-refractivity contribution in [1.82, 2.24) is 25.2 Å². The van der Waals surface area contributed by atoms with Crippen LogP contribution in [0.2, 0.25) is 0 Å². The van der Waals surface area contributed by atoms with Gasteiger partial charge >= 0.3 is 5.92 Å². The average Bonchev–Trinajstić information content (AvgIpc) is 3.07. The number of nitrogens with zero attached hydrogens (tertiary/aromatic N) is 5. The highest BCUT2D eigenvalue weighted by atomic mass is 127. The highest BCUT2D eigenvalue weighted by molar-refractivity contribution is 14.1. The average molecular weight is 479 g/mol. The molecule has 26 heavy (non-hydrogen) atoms. The number of pyridine rings is 1. The Labute approximate surface area is 158 Å². The van der Waals surface area contributed by atoms with Gasteiger partial charge in [0.25, 0.3) is 0 Å². The zero-order chi connectivity index (χ0) is 18.9. The second-order valence-electron chi connectivity index (χ2n) is 5.43. The smallest absolute Gasteiger partial charge is 0.323 e. The molecular weight excluding hydrogens is 469 g/mol. The first-order valence-electron chi connectivity index (χ1n) is 7.12. The predicted octanol–water partition coefficient (Wildman–Crippen LogP) is 2.63. The summed E-state index contributed by atoms with van der Waals surface area (Å²) in [6.07, 6.45) is 2.17. The third-order valence-corrected chi connectivity index (χ3v) is 4.37. The van der Waals surface area contributed by atoms with Gasteiger partial charge in [0.15, 0.2) is 5.60 Å². The van der Waals surface area contributed by atoms with Crippen LogP contribution in [0.4, 0.5) is 17.6 Å². The summed E-state index contributed by atoms with van der Waals surface area (Å²) in [5.74, 6) is -6.33. The maximum absolute atomic E-state index is 15.2. The number of benzene rings is 1. The Hall–Kier alpha value is -2.15. The molecule has 1 aromatic carbocycles. The number of aliphatic hydroxyl groups is 1. The highest BCUT2D eigenvalue weighted by Crippen LogP contribution is 2.46. The molecule has 0 spiro atoms. The molecular formula is C15H10F4IN5O. The normalized spacial score (nSPS) is 14.2. The summed E-state index contributed by atoms with van der Waals surface area (Å²) in [6, 6.07) is 4.34. The first kappa shape index (κ1) is 18.6. The molecule has 3 rings (SSSR count). The molecule has 0 radical (unpaired) electrons. The Morgan fingerprint density at radius 1 is 1.15 bits per heavy atom. The van der Waals surface area contributed by atoms with Crippen LogP contribution in [0.5, 0.6) is 0 Å². The van der Waals surface area contributed by atoms with Crippen LogP contribution < -0.4 is 0 Å². The zero-order valence-electron chi connectivity index (χ0n) is 12.8. The number of aromatic nitrogens is 5. The fourth-order valence-electron chi connectivity index (χ4n) is 2.44. The monoisotopic (exact) mass is 479 g/mol. The fraction of sp³-hybridized carbons (Fsp3) is 0.200. The predicted molar refractivity (Wildman–Crippen MR) is 88.9 cm³/mol. The first-order chi connectivity index (χ1) is 12.2. The van der Waals surface area contributed by atoms with Crippen LogP contribution in [0.1, 0.15) is 11.3 Å². The largest absolute Gasteiger partial charge is 0.377 e. The quantitative estimate of drug-likeness (QED) is 0.450. The molecule has 0 saturated heterocycles. The third kappa shape index (κ3) is 3.28. The first-order valence-corrected chi connectivity index (χ1v) is 8.20. The summed E-state index contributed by atoms with van der Waals surface area (Å²) < 4.78 is 59.4. The lowest BCUT2D eigenvalue weighted by atomic mass is 9.84. The van der Waals surface area contributed by atoms with Crippen molar-refractivity contribution in [1.29, 1.82) is 0 Å². The maximum Gasteiger partial charge on any atom is 0.323 e. The number of halogens is 5. The lowest BCUT2D eigenvalue weighted by Gasteiger charge is -2.35. The van der Waals surface area contributed by atoms with Gasteiger partial charge in [-0.2, -0.15) is 8.78 Å². The molecule has 0 amide bonds. The topological polar surface area (TPSA) is 76.7 Å². The second kappa shape index (κ2) is 6.87. The molecule has 2 heterocycles. The minimum Gasteiger partial charge on any atom is -0.377 e. The van der Waals surface area contributed by atoms with Crippen LogP contribution in [0.15, 0.2) is 42.9 Å². The number of rotatable bonds is 5. The molecule has 3 aromatic rings. The number of tetrazole rings is 1. The maximum atomic E-state index is 15.2. The van der Waals surface area contributed by atoms with E-state index >= 15 is 8.78 Å². The molecule has 2 aromatic heterocycles. The molecule has 0 bridgehead atoms. The molecule has 0 aliphatic rings. The zero-order valence-corrected chi connectivity index (χ0v) is 15.0. The van der Waals surface area contributed by atoms with Crippen molar-refractivity contribution in [2.24, 2.45) is 0 Å². The molecule has 1 atom stereocenters. The Morgan fingerprint density at radius 3 is 2.50 bits per heavy atom. The number of alkyl halides is 2. The van der Waals surface area contributed by atoms with Crippen molar-refractivity contribution in [3.63, 3.8) is 0 Å². The molecule has 0 aliphatic carbocycles. The van der Waals surface area contributed by atoms with Gasteiger partial charge in [-0.25, -0.2) is 13.5 Å². The van der Waals surface area contributed by atoms with E-state index < -0.39 is 41.0 Å². The number of hydrogen-bond acceptors (Lipinski definition) is 5. The van der Waals surface area contributed by atoms with Crippen molar-refractivity contribution in [2.75, 3.05) is 0 Å². The van der Waals surface area contributed by atoms with Gasteiger partial charge in [0, 0.05) is 21.4 Å².